The zero-order valence-corrected chi connectivity index (χ0v) is 17.2. The molecule has 1 aromatic heterocycles. The Morgan fingerprint density at radius 2 is 2.10 bits per heavy atom. The van der Waals surface area contributed by atoms with E-state index in [0.29, 0.717) is 0 Å². The minimum atomic E-state index is -4.69. The molecule has 160 valence electrons. The van der Waals surface area contributed by atoms with Crippen molar-refractivity contribution in [2.24, 2.45) is 12.5 Å². The fraction of sp³-hybridized carbons (Fsp3) is 0.533. The molecular weight excluding hydrogens is 439 g/mol. The number of allylic oxidation sites excluding steroid dienone is 3. The average molecular weight is 456 g/mol. The smallest absolute Gasteiger partial charge is 0.438 e. The summed E-state index contributed by atoms with van der Waals surface area (Å²) in [5, 5.41) is 11.4. The van der Waals surface area contributed by atoms with E-state index in [1.165, 1.54) is 20.2 Å². The van der Waals surface area contributed by atoms with Gasteiger partial charge in [-0.15, -0.1) is 23.4 Å². The second-order valence-electron chi connectivity index (χ2n) is 5.90. The Morgan fingerprint density at radius 1 is 1.45 bits per heavy atom. The standard InChI is InChI=1S/C15H17ClF3N5O4S/c1-7(28-13(26)27-3)14(11(25)20-12-21-22-23-24(12)2)6-5-8(15(17,18)19)9(29-4)10(14)16/h5-7,10H,1-4H3,(H,20,21,23,25). The van der Waals surface area contributed by atoms with Crippen LogP contribution in [0.1, 0.15) is 6.92 Å². The maximum atomic E-state index is 13.4. The van der Waals surface area contributed by atoms with E-state index in [9.17, 15) is 22.8 Å². The maximum absolute atomic E-state index is 13.4. The molecule has 0 saturated heterocycles. The van der Waals surface area contributed by atoms with Gasteiger partial charge in [0, 0.05) is 12.0 Å². The van der Waals surface area contributed by atoms with Gasteiger partial charge in [0.1, 0.15) is 11.5 Å². The number of nitrogens with one attached hydrogen (secondary N) is 1. The van der Waals surface area contributed by atoms with E-state index in [-0.39, 0.29) is 10.9 Å². The number of hydrogen-bond acceptors (Lipinski definition) is 8. The fourth-order valence-electron chi connectivity index (χ4n) is 2.74. The summed E-state index contributed by atoms with van der Waals surface area (Å²) in [6, 6.07) is 0. The van der Waals surface area contributed by atoms with E-state index in [4.69, 9.17) is 16.3 Å². The first-order valence-corrected chi connectivity index (χ1v) is 9.62. The first-order valence-electron chi connectivity index (χ1n) is 7.96. The Kier molecular flexibility index (Phi) is 6.83. The summed E-state index contributed by atoms with van der Waals surface area (Å²) in [5.41, 5.74) is -2.89. The Labute approximate surface area is 172 Å². The van der Waals surface area contributed by atoms with Gasteiger partial charge in [-0.1, -0.05) is 17.3 Å². The summed E-state index contributed by atoms with van der Waals surface area (Å²) >= 11 is 7.16. The molecule has 3 atom stereocenters. The second-order valence-corrected chi connectivity index (χ2v) is 7.19. The molecule has 0 aliphatic heterocycles. The molecule has 0 bridgehead atoms. The van der Waals surface area contributed by atoms with E-state index in [1.54, 1.807) is 0 Å². The predicted octanol–water partition coefficient (Wildman–Crippen LogP) is 2.66. The van der Waals surface area contributed by atoms with Crippen molar-refractivity contribution in [1.29, 1.82) is 0 Å². The number of carbonyl (C=O) groups excluding carboxylic acids is 2. The third-order valence-corrected chi connectivity index (χ3v) is 5.92. The van der Waals surface area contributed by atoms with Crippen molar-refractivity contribution >= 4 is 41.4 Å². The molecule has 3 unspecified atom stereocenters. The maximum Gasteiger partial charge on any atom is 0.508 e. The number of amides is 1. The van der Waals surface area contributed by atoms with Crippen LogP contribution in [0.25, 0.3) is 0 Å². The summed E-state index contributed by atoms with van der Waals surface area (Å²) in [4.78, 5) is 24.5. The van der Waals surface area contributed by atoms with Gasteiger partial charge in [0.25, 0.3) is 0 Å². The summed E-state index contributed by atoms with van der Waals surface area (Å²) in [7, 11) is 2.50. The minimum absolute atomic E-state index is 0.0757. The van der Waals surface area contributed by atoms with Crippen molar-refractivity contribution in [2.75, 3.05) is 18.7 Å². The van der Waals surface area contributed by atoms with Crippen LogP contribution >= 0.6 is 23.4 Å². The third-order valence-electron chi connectivity index (χ3n) is 4.32. The first-order chi connectivity index (χ1) is 13.5. The van der Waals surface area contributed by atoms with E-state index < -0.39 is 40.7 Å². The van der Waals surface area contributed by atoms with Gasteiger partial charge >= 0.3 is 12.3 Å². The van der Waals surface area contributed by atoms with Gasteiger partial charge in [0.15, 0.2) is 0 Å². The Balaban J connectivity index is 2.55. The molecule has 0 fully saturated rings. The summed E-state index contributed by atoms with van der Waals surface area (Å²) in [6.45, 7) is 1.32. The molecule has 1 heterocycles. The minimum Gasteiger partial charge on any atom is -0.438 e. The lowest BCUT2D eigenvalue weighted by Crippen LogP contribution is -2.53. The molecule has 0 spiro atoms. The zero-order valence-electron chi connectivity index (χ0n) is 15.7. The van der Waals surface area contributed by atoms with Gasteiger partial charge in [-0.25, -0.2) is 9.48 Å². The van der Waals surface area contributed by atoms with Gasteiger partial charge in [-0.3, -0.25) is 10.1 Å². The lowest BCUT2D eigenvalue weighted by atomic mass is 9.74. The summed E-state index contributed by atoms with van der Waals surface area (Å²) in [5.74, 6) is -0.941. The molecule has 1 amide bonds. The van der Waals surface area contributed by atoms with Crippen molar-refractivity contribution in [3.8, 4) is 0 Å². The molecule has 1 aliphatic rings. The molecule has 9 nitrogen and oxygen atoms in total. The number of methoxy groups -OCH3 is 1. The van der Waals surface area contributed by atoms with Crippen LogP contribution in [-0.4, -0.2) is 63.3 Å². The van der Waals surface area contributed by atoms with Gasteiger partial charge in [-0.2, -0.15) is 13.2 Å². The second kappa shape index (κ2) is 8.61. The number of anilines is 1. The quantitative estimate of drug-likeness (QED) is 0.533. The summed E-state index contributed by atoms with van der Waals surface area (Å²) in [6.07, 6.45) is -4.00. The van der Waals surface area contributed by atoms with Crippen molar-refractivity contribution in [3.63, 3.8) is 0 Å². The van der Waals surface area contributed by atoms with Crippen LogP contribution in [0.15, 0.2) is 22.6 Å². The highest BCUT2D eigenvalue weighted by Crippen LogP contribution is 2.49. The Hall–Kier alpha value is -2.28. The summed E-state index contributed by atoms with van der Waals surface area (Å²) < 4.78 is 50.9. The van der Waals surface area contributed by atoms with E-state index in [2.05, 4.69) is 25.6 Å². The van der Waals surface area contributed by atoms with Crippen LogP contribution < -0.4 is 5.32 Å². The zero-order chi connectivity index (χ0) is 22.0. The highest BCUT2D eigenvalue weighted by molar-refractivity contribution is 8.02. The number of thioether (sulfide) groups is 1. The first kappa shape index (κ1) is 23.0. The molecule has 0 radical (unpaired) electrons. The van der Waals surface area contributed by atoms with Crippen LogP contribution in [0, 0.1) is 5.41 Å². The topological polar surface area (TPSA) is 108 Å². The van der Waals surface area contributed by atoms with Crippen molar-refractivity contribution in [1.82, 2.24) is 20.2 Å². The van der Waals surface area contributed by atoms with Crippen LogP contribution in [0.2, 0.25) is 0 Å². The fourth-order valence-corrected chi connectivity index (χ4v) is 4.28. The molecule has 29 heavy (non-hydrogen) atoms. The largest absolute Gasteiger partial charge is 0.508 e. The highest BCUT2D eigenvalue weighted by Gasteiger charge is 2.55. The SMILES string of the molecule is COC(=O)OC(C)C1(C(=O)Nc2nnnn2C)C=CC(C(F)(F)F)=C(SC)C1Cl. The average Bonchev–Trinajstić information content (AvgIpc) is 3.04. The predicted molar refractivity (Wildman–Crippen MR) is 98.2 cm³/mol. The number of carbonyl (C=O) groups is 2. The monoisotopic (exact) mass is 455 g/mol. The van der Waals surface area contributed by atoms with Crippen LogP contribution in [0.3, 0.4) is 0 Å². The molecule has 2 rings (SSSR count). The van der Waals surface area contributed by atoms with Gasteiger partial charge in [-0.05, 0) is 23.6 Å². The van der Waals surface area contributed by atoms with Crippen molar-refractivity contribution in [3.05, 3.63) is 22.6 Å². The van der Waals surface area contributed by atoms with Crippen LogP contribution in [0.5, 0.6) is 0 Å². The van der Waals surface area contributed by atoms with Crippen molar-refractivity contribution in [2.45, 2.75) is 24.6 Å². The molecule has 0 saturated carbocycles. The van der Waals surface area contributed by atoms with E-state index in [1.807, 2.05) is 0 Å². The molecule has 14 heteroatoms. The van der Waals surface area contributed by atoms with Crippen LogP contribution in [-0.2, 0) is 21.3 Å². The molecule has 1 aromatic rings. The van der Waals surface area contributed by atoms with E-state index in [0.717, 1.165) is 35.7 Å². The van der Waals surface area contributed by atoms with Gasteiger partial charge in [0.05, 0.1) is 18.1 Å². The normalized spacial score (nSPS) is 23.0. The van der Waals surface area contributed by atoms with Gasteiger partial charge < -0.3 is 9.47 Å². The number of hydrogen-bond donors (Lipinski definition) is 1. The van der Waals surface area contributed by atoms with Crippen molar-refractivity contribution < 1.29 is 32.2 Å². The molecule has 1 N–H and O–H groups in total. The number of tetrazole rings is 1. The number of rotatable bonds is 5. The number of aromatic nitrogens is 4. The molecule has 0 aromatic carbocycles. The number of nitrogens with zero attached hydrogens (tertiary/aromatic N) is 4. The third kappa shape index (κ3) is 4.34. The number of ether oxygens (including phenoxy) is 2. The van der Waals surface area contributed by atoms with Gasteiger partial charge in [0.2, 0.25) is 11.9 Å². The Morgan fingerprint density at radius 3 is 2.59 bits per heavy atom. The molecular formula is C15H17ClF3N5O4S. The number of halogens is 4. The number of aryl methyl sites for hydroxylation is 1. The highest BCUT2D eigenvalue weighted by atomic mass is 35.5. The number of alkyl halides is 4. The Bertz CT molecular complexity index is 859. The van der Waals surface area contributed by atoms with Crippen LogP contribution in [0.4, 0.5) is 23.9 Å². The molecule has 1 aliphatic carbocycles. The lowest BCUT2D eigenvalue weighted by molar-refractivity contribution is -0.129. The van der Waals surface area contributed by atoms with E-state index >= 15 is 0 Å². The lowest BCUT2D eigenvalue weighted by Gasteiger charge is -2.41.